The molecule has 19 heavy (non-hydrogen) atoms. The van der Waals surface area contributed by atoms with Crippen LogP contribution in [0.25, 0.3) is 0 Å². The Hall–Kier alpha value is -0.440. The number of benzene rings is 1. The van der Waals surface area contributed by atoms with Crippen molar-refractivity contribution < 1.29 is 4.74 Å². The van der Waals surface area contributed by atoms with E-state index in [-0.39, 0.29) is 5.41 Å². The second-order valence-corrected chi connectivity index (χ2v) is 6.20. The van der Waals surface area contributed by atoms with Gasteiger partial charge in [-0.2, -0.15) is 0 Å². The van der Waals surface area contributed by atoms with Gasteiger partial charge in [0.05, 0.1) is 16.8 Å². The fraction of sp³-hybridized carbons (Fsp3) is 0.600. The van der Waals surface area contributed by atoms with Gasteiger partial charge in [0.2, 0.25) is 0 Å². The van der Waals surface area contributed by atoms with E-state index in [1.165, 1.54) is 0 Å². The first-order valence-electron chi connectivity index (χ1n) is 6.84. The number of nitrogens with one attached hydrogen (secondary N) is 1. The molecule has 0 bridgehead atoms. The van der Waals surface area contributed by atoms with Crippen molar-refractivity contribution >= 4 is 28.9 Å². The van der Waals surface area contributed by atoms with Crippen LogP contribution in [0.5, 0.6) is 0 Å². The topological polar surface area (TPSA) is 21.3 Å². The molecule has 0 amide bonds. The zero-order valence-electron chi connectivity index (χ0n) is 11.7. The Kier molecular flexibility index (Phi) is 4.65. The van der Waals surface area contributed by atoms with E-state index in [0.29, 0.717) is 22.2 Å². The number of anilines is 1. The molecule has 0 radical (unpaired) electrons. The molecule has 3 unspecified atom stereocenters. The average molecular weight is 302 g/mol. The van der Waals surface area contributed by atoms with E-state index < -0.39 is 0 Å². The lowest BCUT2D eigenvalue weighted by atomic mass is 9.61. The van der Waals surface area contributed by atoms with E-state index in [9.17, 15) is 0 Å². The molecule has 0 saturated heterocycles. The largest absolute Gasteiger partial charge is 0.380 e. The molecule has 0 aromatic heterocycles. The quantitative estimate of drug-likeness (QED) is 0.826. The maximum atomic E-state index is 6.20. The van der Waals surface area contributed by atoms with Crippen LogP contribution < -0.4 is 5.32 Å². The van der Waals surface area contributed by atoms with Crippen LogP contribution in [0.3, 0.4) is 0 Å². The summed E-state index contributed by atoms with van der Waals surface area (Å²) in [7, 11) is 0. The van der Waals surface area contributed by atoms with Crippen LogP contribution in [-0.4, -0.2) is 18.8 Å². The van der Waals surface area contributed by atoms with E-state index in [1.54, 1.807) is 6.07 Å². The lowest BCUT2D eigenvalue weighted by molar-refractivity contribution is -0.109. The smallest absolute Gasteiger partial charge is 0.0667 e. The summed E-state index contributed by atoms with van der Waals surface area (Å²) in [5, 5.41) is 4.93. The fourth-order valence-electron chi connectivity index (χ4n) is 2.77. The predicted octanol–water partition coefficient (Wildman–Crippen LogP) is 5.00. The van der Waals surface area contributed by atoms with Crippen LogP contribution >= 0.6 is 23.2 Å². The Bertz CT molecular complexity index is 452. The van der Waals surface area contributed by atoms with Crippen LogP contribution in [0.1, 0.15) is 33.6 Å². The summed E-state index contributed by atoms with van der Waals surface area (Å²) in [4.78, 5) is 0. The predicted molar refractivity (Wildman–Crippen MR) is 82.3 cm³/mol. The highest BCUT2D eigenvalue weighted by Gasteiger charge is 2.51. The minimum Gasteiger partial charge on any atom is -0.380 e. The zero-order valence-corrected chi connectivity index (χ0v) is 13.2. The Balaban J connectivity index is 2.10. The molecular weight excluding hydrogens is 281 g/mol. The van der Waals surface area contributed by atoms with Gasteiger partial charge in [0.15, 0.2) is 0 Å². The van der Waals surface area contributed by atoms with E-state index in [1.807, 2.05) is 19.1 Å². The Morgan fingerprint density at radius 2 is 2.11 bits per heavy atom. The van der Waals surface area contributed by atoms with Gasteiger partial charge in [-0.05, 0) is 38.0 Å². The van der Waals surface area contributed by atoms with Gasteiger partial charge < -0.3 is 10.1 Å². The lowest BCUT2D eigenvalue weighted by Crippen LogP contribution is -2.59. The van der Waals surface area contributed by atoms with Crippen LogP contribution in [-0.2, 0) is 4.74 Å². The molecule has 1 aliphatic rings. The Morgan fingerprint density at radius 3 is 2.74 bits per heavy atom. The van der Waals surface area contributed by atoms with Gasteiger partial charge in [-0.3, -0.25) is 0 Å². The van der Waals surface area contributed by atoms with Gasteiger partial charge in [0.1, 0.15) is 0 Å². The standard InChI is InChI=1S/C15H21Cl2NO/c1-4-15(3)13(9-14(15)19-5-2)18-12-8-10(16)6-7-11(12)17/h6-8,13-14,18H,4-5,9H2,1-3H3. The third-order valence-corrected chi connectivity index (χ3v) is 4.93. The highest BCUT2D eigenvalue weighted by molar-refractivity contribution is 6.35. The van der Waals surface area contributed by atoms with Crippen molar-refractivity contribution in [1.29, 1.82) is 0 Å². The molecule has 0 heterocycles. The van der Waals surface area contributed by atoms with Crippen molar-refractivity contribution in [1.82, 2.24) is 0 Å². The summed E-state index contributed by atoms with van der Waals surface area (Å²) >= 11 is 12.2. The molecule has 1 aromatic rings. The van der Waals surface area contributed by atoms with Gasteiger partial charge in [-0.25, -0.2) is 0 Å². The highest BCUT2D eigenvalue weighted by Crippen LogP contribution is 2.47. The van der Waals surface area contributed by atoms with Crippen molar-refractivity contribution in [2.24, 2.45) is 5.41 Å². The molecule has 1 aliphatic carbocycles. The van der Waals surface area contributed by atoms with Crippen LogP contribution in [0.15, 0.2) is 18.2 Å². The lowest BCUT2D eigenvalue weighted by Gasteiger charge is -2.54. The van der Waals surface area contributed by atoms with Crippen molar-refractivity contribution in [2.75, 3.05) is 11.9 Å². The number of rotatable bonds is 5. The van der Waals surface area contributed by atoms with E-state index in [0.717, 1.165) is 25.1 Å². The number of halogens is 2. The summed E-state index contributed by atoms with van der Waals surface area (Å²) < 4.78 is 5.81. The maximum absolute atomic E-state index is 6.20. The summed E-state index contributed by atoms with van der Waals surface area (Å²) in [6.45, 7) is 7.29. The molecule has 0 spiro atoms. The van der Waals surface area contributed by atoms with Gasteiger partial charge in [-0.15, -0.1) is 0 Å². The summed E-state index contributed by atoms with van der Waals surface area (Å²) in [5.74, 6) is 0. The number of hydrogen-bond donors (Lipinski definition) is 1. The molecule has 0 aliphatic heterocycles. The molecule has 3 atom stereocenters. The van der Waals surface area contributed by atoms with E-state index >= 15 is 0 Å². The molecule has 1 fully saturated rings. The van der Waals surface area contributed by atoms with Crippen LogP contribution in [0, 0.1) is 5.41 Å². The SMILES string of the molecule is CCOC1CC(Nc2cc(Cl)ccc2Cl)C1(C)CC. The summed E-state index contributed by atoms with van der Waals surface area (Å²) in [6.07, 6.45) is 2.42. The molecule has 106 valence electrons. The average Bonchev–Trinajstić information content (AvgIpc) is 2.40. The molecule has 1 saturated carbocycles. The highest BCUT2D eigenvalue weighted by atomic mass is 35.5. The molecular formula is C15H21Cl2NO. The van der Waals surface area contributed by atoms with Crippen LogP contribution in [0.4, 0.5) is 5.69 Å². The van der Waals surface area contributed by atoms with Crippen LogP contribution in [0.2, 0.25) is 10.0 Å². The first kappa shape index (κ1) is 15.0. The zero-order chi connectivity index (χ0) is 14.0. The third-order valence-electron chi connectivity index (χ3n) is 4.37. The molecule has 4 heteroatoms. The first-order chi connectivity index (χ1) is 9.01. The normalized spacial score (nSPS) is 29.9. The maximum Gasteiger partial charge on any atom is 0.0667 e. The molecule has 1 N–H and O–H groups in total. The van der Waals surface area contributed by atoms with Crippen molar-refractivity contribution in [3.05, 3.63) is 28.2 Å². The molecule has 2 rings (SSSR count). The van der Waals surface area contributed by atoms with Gasteiger partial charge >= 0.3 is 0 Å². The second-order valence-electron chi connectivity index (χ2n) is 5.36. The summed E-state index contributed by atoms with van der Waals surface area (Å²) in [5.41, 5.74) is 1.07. The van der Waals surface area contributed by atoms with Gasteiger partial charge in [0, 0.05) is 23.1 Å². The fourth-order valence-corrected chi connectivity index (χ4v) is 3.11. The third kappa shape index (κ3) is 2.86. The van der Waals surface area contributed by atoms with E-state index in [4.69, 9.17) is 27.9 Å². The first-order valence-corrected chi connectivity index (χ1v) is 7.60. The Labute approximate surface area is 125 Å². The van der Waals surface area contributed by atoms with Crippen molar-refractivity contribution in [2.45, 2.75) is 45.8 Å². The minimum atomic E-state index is 0.154. The number of ether oxygens (including phenoxy) is 1. The summed E-state index contributed by atoms with van der Waals surface area (Å²) in [6, 6.07) is 5.89. The van der Waals surface area contributed by atoms with Crippen molar-refractivity contribution in [3.8, 4) is 0 Å². The molecule has 2 nitrogen and oxygen atoms in total. The number of hydrogen-bond acceptors (Lipinski definition) is 2. The monoisotopic (exact) mass is 301 g/mol. The Morgan fingerprint density at radius 1 is 1.37 bits per heavy atom. The van der Waals surface area contributed by atoms with E-state index in [2.05, 4.69) is 19.2 Å². The van der Waals surface area contributed by atoms with Crippen molar-refractivity contribution in [3.63, 3.8) is 0 Å². The minimum absolute atomic E-state index is 0.154. The second kappa shape index (κ2) is 5.90. The molecule has 1 aromatic carbocycles. The van der Waals surface area contributed by atoms with Gasteiger partial charge in [0.25, 0.3) is 0 Å². The van der Waals surface area contributed by atoms with Gasteiger partial charge in [-0.1, -0.05) is 37.0 Å².